The van der Waals surface area contributed by atoms with E-state index in [1.54, 1.807) is 25.1 Å². The fourth-order valence-corrected chi connectivity index (χ4v) is 2.12. The van der Waals surface area contributed by atoms with Gasteiger partial charge in [-0.2, -0.15) is 0 Å². The molecule has 6 nitrogen and oxygen atoms in total. The minimum Gasteiger partial charge on any atom is -0.393 e. The van der Waals surface area contributed by atoms with Crippen LogP contribution in [0.3, 0.4) is 0 Å². The van der Waals surface area contributed by atoms with Crippen LogP contribution in [0.4, 0.5) is 5.82 Å². The molecule has 0 radical (unpaired) electrons. The van der Waals surface area contributed by atoms with Crippen molar-refractivity contribution in [3.8, 4) is 0 Å². The Bertz CT molecular complexity index is 436. The number of hydrogen-bond acceptors (Lipinski definition) is 5. The third-order valence-corrected chi connectivity index (χ3v) is 3.30. The van der Waals surface area contributed by atoms with Gasteiger partial charge in [-0.25, -0.2) is 4.98 Å². The van der Waals surface area contributed by atoms with Crippen molar-refractivity contribution in [3.63, 3.8) is 0 Å². The van der Waals surface area contributed by atoms with Gasteiger partial charge in [-0.1, -0.05) is 0 Å². The average molecular weight is 250 g/mol. The molecule has 1 fully saturated rings. The summed E-state index contributed by atoms with van der Waals surface area (Å²) in [5, 5.41) is 12.4. The number of nitrogens with one attached hydrogen (secondary N) is 1. The first-order valence-electron chi connectivity index (χ1n) is 6.09. The molecule has 0 aromatic carbocycles. The molecular formula is C12H18N4O2. The number of rotatable bonds is 3. The number of carbonyl (C=O) groups excluding carboxylic acids is 1. The lowest BCUT2D eigenvalue weighted by molar-refractivity contribution is 0.0756. The fourth-order valence-electron chi connectivity index (χ4n) is 2.12. The van der Waals surface area contributed by atoms with E-state index in [4.69, 9.17) is 0 Å². The van der Waals surface area contributed by atoms with Crippen LogP contribution in [0.1, 0.15) is 23.8 Å². The van der Waals surface area contributed by atoms with Gasteiger partial charge in [0.1, 0.15) is 11.5 Å². The number of aliphatic hydroxyl groups excluding tert-OH is 1. The highest BCUT2D eigenvalue weighted by Crippen LogP contribution is 2.21. The Morgan fingerprint density at radius 1 is 1.61 bits per heavy atom. The number of aliphatic hydroxyl groups is 1. The number of carbonyl (C=O) groups is 1. The standard InChI is InChI=1S/C12H18N4O2/c1-8(17)9-3-4-16(7-9)12(18)10-5-14-6-11(13-2)15-10/h5-6,8-9,17H,3-4,7H2,1-2H3,(H,13,15). The average Bonchev–Trinajstić information content (AvgIpc) is 2.87. The highest BCUT2D eigenvalue weighted by Gasteiger charge is 2.30. The van der Waals surface area contributed by atoms with Gasteiger partial charge >= 0.3 is 0 Å². The molecule has 2 heterocycles. The Balaban J connectivity index is 2.08. The first-order valence-corrected chi connectivity index (χ1v) is 6.09. The van der Waals surface area contributed by atoms with Crippen LogP contribution in [0, 0.1) is 5.92 Å². The maximum Gasteiger partial charge on any atom is 0.274 e. The van der Waals surface area contributed by atoms with Crippen molar-refractivity contribution in [2.45, 2.75) is 19.4 Å². The van der Waals surface area contributed by atoms with Crippen molar-refractivity contribution in [2.75, 3.05) is 25.5 Å². The van der Waals surface area contributed by atoms with Gasteiger partial charge in [-0.15, -0.1) is 0 Å². The van der Waals surface area contributed by atoms with Crippen LogP contribution in [0.2, 0.25) is 0 Å². The molecule has 2 unspecified atom stereocenters. The first kappa shape index (κ1) is 12.8. The third kappa shape index (κ3) is 2.59. The lowest BCUT2D eigenvalue weighted by atomic mass is 10.0. The summed E-state index contributed by atoms with van der Waals surface area (Å²) >= 11 is 0. The molecule has 1 saturated heterocycles. The van der Waals surface area contributed by atoms with Crippen molar-refractivity contribution in [3.05, 3.63) is 18.1 Å². The molecule has 98 valence electrons. The zero-order chi connectivity index (χ0) is 13.1. The van der Waals surface area contributed by atoms with Gasteiger partial charge in [0.15, 0.2) is 0 Å². The summed E-state index contributed by atoms with van der Waals surface area (Å²) in [6.07, 6.45) is 3.50. The molecule has 1 aromatic rings. The van der Waals surface area contributed by atoms with Crippen LogP contribution in [-0.2, 0) is 0 Å². The van der Waals surface area contributed by atoms with Crippen LogP contribution in [0.15, 0.2) is 12.4 Å². The van der Waals surface area contributed by atoms with Gasteiger partial charge in [0.05, 0.1) is 18.5 Å². The van der Waals surface area contributed by atoms with Gasteiger partial charge < -0.3 is 15.3 Å². The van der Waals surface area contributed by atoms with Gasteiger partial charge in [-0.3, -0.25) is 9.78 Å². The van der Waals surface area contributed by atoms with Crippen LogP contribution < -0.4 is 5.32 Å². The highest BCUT2D eigenvalue weighted by molar-refractivity contribution is 5.92. The minimum atomic E-state index is -0.377. The fraction of sp³-hybridized carbons (Fsp3) is 0.583. The topological polar surface area (TPSA) is 78.4 Å². The zero-order valence-electron chi connectivity index (χ0n) is 10.6. The molecule has 0 bridgehead atoms. The molecule has 2 atom stereocenters. The molecule has 0 saturated carbocycles. The molecule has 2 rings (SSSR count). The summed E-state index contributed by atoms with van der Waals surface area (Å²) in [6, 6.07) is 0. The molecule has 2 N–H and O–H groups in total. The summed E-state index contributed by atoms with van der Waals surface area (Å²) < 4.78 is 0. The van der Waals surface area contributed by atoms with E-state index in [1.165, 1.54) is 6.20 Å². The lowest BCUT2D eigenvalue weighted by Gasteiger charge is -2.17. The number of hydrogen-bond donors (Lipinski definition) is 2. The Labute approximate surface area is 106 Å². The second-order valence-electron chi connectivity index (χ2n) is 4.58. The molecule has 0 aliphatic carbocycles. The van der Waals surface area contributed by atoms with Crippen molar-refractivity contribution < 1.29 is 9.90 Å². The maximum absolute atomic E-state index is 12.2. The molecule has 1 amide bonds. The van der Waals surface area contributed by atoms with E-state index < -0.39 is 0 Å². The Morgan fingerprint density at radius 3 is 3.00 bits per heavy atom. The normalized spacial score (nSPS) is 20.8. The first-order chi connectivity index (χ1) is 8.61. The zero-order valence-corrected chi connectivity index (χ0v) is 10.6. The monoisotopic (exact) mass is 250 g/mol. The second kappa shape index (κ2) is 5.30. The molecular weight excluding hydrogens is 232 g/mol. The summed E-state index contributed by atoms with van der Waals surface area (Å²) in [6.45, 7) is 3.02. The smallest absolute Gasteiger partial charge is 0.274 e. The molecule has 0 spiro atoms. The van der Waals surface area contributed by atoms with Gasteiger partial charge in [0, 0.05) is 26.1 Å². The minimum absolute atomic E-state index is 0.122. The number of amides is 1. The van der Waals surface area contributed by atoms with E-state index in [1.807, 2.05) is 0 Å². The molecule has 1 aromatic heterocycles. The summed E-state index contributed by atoms with van der Waals surface area (Å²) in [5.41, 5.74) is 0.341. The van der Waals surface area contributed by atoms with E-state index >= 15 is 0 Å². The van der Waals surface area contributed by atoms with Gasteiger partial charge in [0.25, 0.3) is 5.91 Å². The van der Waals surface area contributed by atoms with E-state index in [0.29, 0.717) is 24.6 Å². The second-order valence-corrected chi connectivity index (χ2v) is 4.58. The third-order valence-electron chi connectivity index (χ3n) is 3.30. The Kier molecular flexibility index (Phi) is 3.76. The van der Waals surface area contributed by atoms with Gasteiger partial charge in [-0.05, 0) is 13.3 Å². The predicted octanol–water partition coefficient (Wildman–Crippen LogP) is 0.361. The lowest BCUT2D eigenvalue weighted by Crippen LogP contribution is -2.31. The molecule has 1 aliphatic rings. The van der Waals surface area contributed by atoms with E-state index in [-0.39, 0.29) is 17.9 Å². The van der Waals surface area contributed by atoms with E-state index in [0.717, 1.165) is 6.42 Å². The van der Waals surface area contributed by atoms with Crippen molar-refractivity contribution >= 4 is 11.7 Å². The summed E-state index contributed by atoms with van der Waals surface area (Å²) in [4.78, 5) is 22.1. The number of likely N-dealkylation sites (tertiary alicyclic amines) is 1. The van der Waals surface area contributed by atoms with Crippen LogP contribution in [0.5, 0.6) is 0 Å². The van der Waals surface area contributed by atoms with Crippen molar-refractivity contribution in [1.82, 2.24) is 14.9 Å². The van der Waals surface area contributed by atoms with Gasteiger partial charge in [0.2, 0.25) is 0 Å². The highest BCUT2D eigenvalue weighted by atomic mass is 16.3. The maximum atomic E-state index is 12.2. The van der Waals surface area contributed by atoms with Crippen LogP contribution >= 0.6 is 0 Å². The van der Waals surface area contributed by atoms with Crippen molar-refractivity contribution in [2.24, 2.45) is 5.92 Å². The Morgan fingerprint density at radius 2 is 2.39 bits per heavy atom. The van der Waals surface area contributed by atoms with E-state index in [2.05, 4.69) is 15.3 Å². The molecule has 18 heavy (non-hydrogen) atoms. The van der Waals surface area contributed by atoms with Crippen LogP contribution in [-0.4, -0.2) is 52.1 Å². The number of nitrogens with zero attached hydrogens (tertiary/aromatic N) is 3. The quantitative estimate of drug-likeness (QED) is 0.810. The predicted molar refractivity (Wildman–Crippen MR) is 67.3 cm³/mol. The SMILES string of the molecule is CNc1cncc(C(=O)N2CCC(C(C)O)C2)n1. The number of aromatic nitrogens is 2. The van der Waals surface area contributed by atoms with E-state index in [9.17, 15) is 9.90 Å². The number of anilines is 1. The Hall–Kier alpha value is -1.69. The largest absolute Gasteiger partial charge is 0.393 e. The van der Waals surface area contributed by atoms with Crippen LogP contribution in [0.25, 0.3) is 0 Å². The van der Waals surface area contributed by atoms with Crippen molar-refractivity contribution in [1.29, 1.82) is 0 Å². The summed E-state index contributed by atoms with van der Waals surface area (Å²) in [7, 11) is 1.73. The molecule has 1 aliphatic heterocycles. The molecule has 6 heteroatoms. The summed E-state index contributed by atoms with van der Waals surface area (Å²) in [5.74, 6) is 0.615.